The number of carbonyl (C=O) groups is 2. The number of urea groups is 1. The number of aromatic nitrogens is 1. The fourth-order valence-corrected chi connectivity index (χ4v) is 2.37. The van der Waals surface area contributed by atoms with Gasteiger partial charge in [0.05, 0.1) is 11.6 Å². The van der Waals surface area contributed by atoms with Crippen LogP contribution in [0, 0.1) is 11.3 Å². The van der Waals surface area contributed by atoms with Gasteiger partial charge in [0.25, 0.3) is 0 Å². The molecule has 1 aromatic rings. The number of piperazine rings is 1. The normalized spacial score (nSPS) is 15.8. The number of rotatable bonds is 3. The molecular weight excluding hydrogens is 284 g/mol. The maximum absolute atomic E-state index is 12.2. The van der Waals surface area contributed by atoms with E-state index in [0.29, 0.717) is 31.7 Å². The van der Waals surface area contributed by atoms with Crippen molar-refractivity contribution in [1.29, 1.82) is 5.26 Å². The smallest absolute Gasteiger partial charge is 0.312 e. The van der Waals surface area contributed by atoms with Crippen LogP contribution in [-0.4, -0.2) is 54.0 Å². The van der Waals surface area contributed by atoms with Gasteiger partial charge in [-0.15, -0.1) is 0 Å². The molecule has 22 heavy (non-hydrogen) atoms. The van der Waals surface area contributed by atoms with E-state index in [0.717, 1.165) is 5.82 Å². The lowest BCUT2D eigenvalue weighted by molar-refractivity contribution is -0.133. The van der Waals surface area contributed by atoms with Crippen LogP contribution in [0.15, 0.2) is 18.3 Å². The Morgan fingerprint density at radius 2 is 2.09 bits per heavy atom. The van der Waals surface area contributed by atoms with Crippen LogP contribution in [0.25, 0.3) is 0 Å². The summed E-state index contributed by atoms with van der Waals surface area (Å²) in [5.41, 5.74) is 5.58. The average molecular weight is 302 g/mol. The highest BCUT2D eigenvalue weighted by atomic mass is 16.2. The Bertz CT molecular complexity index is 604. The summed E-state index contributed by atoms with van der Waals surface area (Å²) in [4.78, 5) is 30.9. The van der Waals surface area contributed by atoms with E-state index < -0.39 is 12.1 Å². The Morgan fingerprint density at radius 1 is 1.41 bits per heavy atom. The number of hydrogen-bond acceptors (Lipinski definition) is 5. The molecule has 1 atom stereocenters. The van der Waals surface area contributed by atoms with E-state index in [-0.39, 0.29) is 5.91 Å². The highest BCUT2D eigenvalue weighted by Gasteiger charge is 2.25. The van der Waals surface area contributed by atoms with Gasteiger partial charge in [-0.1, -0.05) is 0 Å². The first-order chi connectivity index (χ1) is 10.5. The average Bonchev–Trinajstić information content (AvgIpc) is 2.53. The molecule has 3 amide bonds. The maximum Gasteiger partial charge on any atom is 0.312 e. The summed E-state index contributed by atoms with van der Waals surface area (Å²) in [5.74, 6) is 0.576. The second kappa shape index (κ2) is 6.76. The molecule has 1 aromatic heterocycles. The Balaban J connectivity index is 1.94. The van der Waals surface area contributed by atoms with Crippen LogP contribution < -0.4 is 16.0 Å². The van der Waals surface area contributed by atoms with E-state index in [4.69, 9.17) is 11.0 Å². The first-order valence-electron chi connectivity index (χ1n) is 6.97. The summed E-state index contributed by atoms with van der Waals surface area (Å²) in [7, 11) is 0. The summed E-state index contributed by atoms with van der Waals surface area (Å²) >= 11 is 0. The molecule has 0 aliphatic carbocycles. The first-order valence-corrected chi connectivity index (χ1v) is 6.97. The number of carbonyl (C=O) groups excluding carboxylic acids is 2. The summed E-state index contributed by atoms with van der Waals surface area (Å²) in [6.07, 6.45) is 1.60. The van der Waals surface area contributed by atoms with Crippen molar-refractivity contribution in [3.63, 3.8) is 0 Å². The molecule has 0 radical (unpaired) electrons. The van der Waals surface area contributed by atoms with E-state index in [1.807, 2.05) is 4.90 Å². The Kier molecular flexibility index (Phi) is 4.78. The van der Waals surface area contributed by atoms with Crippen molar-refractivity contribution in [3.8, 4) is 6.07 Å². The first kappa shape index (κ1) is 15.6. The molecule has 1 saturated heterocycles. The molecule has 0 bridgehead atoms. The molecule has 8 nitrogen and oxygen atoms in total. The van der Waals surface area contributed by atoms with Crippen molar-refractivity contribution in [2.24, 2.45) is 5.73 Å². The minimum Gasteiger partial charge on any atom is -0.353 e. The fourth-order valence-electron chi connectivity index (χ4n) is 2.37. The Hall–Kier alpha value is -2.82. The lowest BCUT2D eigenvalue weighted by atomic mass is 10.2. The number of hydrogen-bond donors (Lipinski definition) is 2. The molecule has 1 aliphatic heterocycles. The van der Waals surface area contributed by atoms with Gasteiger partial charge in [0.2, 0.25) is 5.91 Å². The van der Waals surface area contributed by atoms with E-state index in [1.165, 1.54) is 0 Å². The van der Waals surface area contributed by atoms with Crippen molar-refractivity contribution < 1.29 is 9.59 Å². The van der Waals surface area contributed by atoms with E-state index in [1.54, 1.807) is 30.2 Å². The largest absolute Gasteiger partial charge is 0.353 e. The van der Waals surface area contributed by atoms with Gasteiger partial charge in [-0.05, 0) is 19.1 Å². The second-order valence-electron chi connectivity index (χ2n) is 5.06. The zero-order valence-corrected chi connectivity index (χ0v) is 12.3. The molecule has 0 saturated carbocycles. The zero-order valence-electron chi connectivity index (χ0n) is 12.3. The van der Waals surface area contributed by atoms with E-state index >= 15 is 0 Å². The number of amides is 3. The van der Waals surface area contributed by atoms with Crippen LogP contribution in [0.3, 0.4) is 0 Å². The molecule has 1 fully saturated rings. The molecule has 8 heteroatoms. The lowest BCUT2D eigenvalue weighted by Gasteiger charge is -2.36. The summed E-state index contributed by atoms with van der Waals surface area (Å²) in [6.45, 7) is 3.91. The van der Waals surface area contributed by atoms with Crippen molar-refractivity contribution in [2.75, 3.05) is 31.1 Å². The monoisotopic (exact) mass is 302 g/mol. The van der Waals surface area contributed by atoms with Crippen LogP contribution in [0.5, 0.6) is 0 Å². The Labute approximate surface area is 128 Å². The van der Waals surface area contributed by atoms with Crippen LogP contribution in [0.2, 0.25) is 0 Å². The molecule has 2 heterocycles. The zero-order chi connectivity index (χ0) is 16.1. The predicted octanol–water partition coefficient (Wildman–Crippen LogP) is -0.341. The van der Waals surface area contributed by atoms with Gasteiger partial charge in [0.15, 0.2) is 0 Å². The van der Waals surface area contributed by atoms with Gasteiger partial charge in [-0.25, -0.2) is 9.78 Å². The van der Waals surface area contributed by atoms with E-state index in [9.17, 15) is 9.59 Å². The summed E-state index contributed by atoms with van der Waals surface area (Å²) in [6, 6.07) is 4.12. The third-order valence-electron chi connectivity index (χ3n) is 3.52. The third kappa shape index (κ3) is 3.63. The number of nitriles is 1. The number of pyridine rings is 1. The molecular formula is C14H18N6O2. The minimum absolute atomic E-state index is 0.155. The van der Waals surface area contributed by atoms with Gasteiger partial charge in [0, 0.05) is 32.4 Å². The molecule has 0 aromatic carbocycles. The van der Waals surface area contributed by atoms with Crippen LogP contribution in [0.1, 0.15) is 12.5 Å². The van der Waals surface area contributed by atoms with Crippen LogP contribution in [0.4, 0.5) is 10.6 Å². The van der Waals surface area contributed by atoms with Gasteiger partial charge < -0.3 is 20.9 Å². The fraction of sp³-hybridized carbons (Fsp3) is 0.429. The lowest BCUT2D eigenvalue weighted by Crippen LogP contribution is -2.54. The number of anilines is 1. The van der Waals surface area contributed by atoms with Crippen molar-refractivity contribution >= 4 is 17.8 Å². The summed E-state index contributed by atoms with van der Waals surface area (Å²) < 4.78 is 0. The molecule has 0 spiro atoms. The van der Waals surface area contributed by atoms with Gasteiger partial charge >= 0.3 is 6.03 Å². The maximum atomic E-state index is 12.2. The van der Waals surface area contributed by atoms with Gasteiger partial charge in [-0.2, -0.15) is 5.26 Å². The van der Waals surface area contributed by atoms with Crippen molar-refractivity contribution in [3.05, 3.63) is 23.9 Å². The predicted molar refractivity (Wildman–Crippen MR) is 79.9 cm³/mol. The molecule has 1 aliphatic rings. The molecule has 3 N–H and O–H groups in total. The highest BCUT2D eigenvalue weighted by molar-refractivity contribution is 5.86. The summed E-state index contributed by atoms with van der Waals surface area (Å²) in [5, 5.41) is 11.3. The Morgan fingerprint density at radius 3 is 2.68 bits per heavy atom. The van der Waals surface area contributed by atoms with Gasteiger partial charge in [0.1, 0.15) is 11.9 Å². The molecule has 0 unspecified atom stereocenters. The van der Waals surface area contributed by atoms with Crippen molar-refractivity contribution in [1.82, 2.24) is 15.2 Å². The molecule has 2 rings (SSSR count). The number of primary amides is 1. The highest BCUT2D eigenvalue weighted by Crippen LogP contribution is 2.15. The minimum atomic E-state index is -0.711. The quantitative estimate of drug-likeness (QED) is 0.792. The van der Waals surface area contributed by atoms with Crippen LogP contribution >= 0.6 is 0 Å². The standard InChI is InChI=1S/C14H18N6O2/c1-10(18-14(16)22)13(21)20-6-4-19(5-7-20)12-8-11(9-15)2-3-17-12/h2-3,8,10H,4-7H2,1H3,(H3,16,18,22)/t10-/m1/s1. The van der Waals surface area contributed by atoms with Crippen LogP contribution in [-0.2, 0) is 4.79 Å². The van der Waals surface area contributed by atoms with Gasteiger partial charge in [-0.3, -0.25) is 4.79 Å². The number of nitrogens with two attached hydrogens (primary N) is 1. The van der Waals surface area contributed by atoms with Crippen molar-refractivity contribution in [2.45, 2.75) is 13.0 Å². The van der Waals surface area contributed by atoms with E-state index in [2.05, 4.69) is 16.4 Å². The number of nitrogens with zero attached hydrogens (tertiary/aromatic N) is 4. The SMILES string of the molecule is C[C@@H](NC(N)=O)C(=O)N1CCN(c2cc(C#N)ccn2)CC1. The third-order valence-corrected chi connectivity index (χ3v) is 3.52. The molecule has 116 valence electrons. The number of nitrogens with one attached hydrogen (secondary N) is 1. The topological polar surface area (TPSA) is 115 Å². The second-order valence-corrected chi connectivity index (χ2v) is 5.06.